The Labute approximate surface area is 318 Å². The van der Waals surface area contributed by atoms with Crippen molar-refractivity contribution in [1.82, 2.24) is 0 Å². The van der Waals surface area contributed by atoms with Crippen LogP contribution in [0.4, 0.5) is 0 Å². The first-order chi connectivity index (χ1) is 25.3. The van der Waals surface area contributed by atoms with E-state index in [-0.39, 0.29) is 39.6 Å². The topological polar surface area (TPSA) is 216 Å². The Kier molecular flexibility index (Phi) is 10.6. The molecule has 0 aromatic heterocycles. The van der Waals surface area contributed by atoms with Crippen LogP contribution in [0, 0.1) is 44.8 Å². The summed E-state index contributed by atoms with van der Waals surface area (Å²) in [6.07, 6.45) is -4.46. The zero-order valence-electron chi connectivity index (χ0n) is 32.5. The van der Waals surface area contributed by atoms with Gasteiger partial charge < -0.3 is 59.8 Å². The average Bonchev–Trinajstić information content (AvgIpc) is 3.13. The predicted octanol–water partition coefficient (Wildman–Crippen LogP) is 1.85. The third-order valence-electron chi connectivity index (χ3n) is 16.6. The number of rotatable bonds is 6. The molecule has 54 heavy (non-hydrogen) atoms. The van der Waals surface area contributed by atoms with Crippen LogP contribution in [0.25, 0.3) is 0 Å². The van der Waals surface area contributed by atoms with Crippen molar-refractivity contribution in [3.63, 3.8) is 0 Å². The molecule has 18 atom stereocenters. The van der Waals surface area contributed by atoms with E-state index in [0.717, 1.165) is 37.7 Å². The number of carbonyl (C=O) groups is 1. The highest BCUT2D eigenvalue weighted by molar-refractivity contribution is 5.79. The fourth-order valence-corrected chi connectivity index (χ4v) is 13.1. The lowest BCUT2D eigenvalue weighted by atomic mass is 9.34. The van der Waals surface area contributed by atoms with Crippen molar-refractivity contribution in [3.05, 3.63) is 23.8 Å². The van der Waals surface area contributed by atoms with Gasteiger partial charge in [-0.1, -0.05) is 58.4 Å². The number of aliphatic hydroxyl groups is 8. The molecular weight excluding hydrogens is 700 g/mol. The summed E-state index contributed by atoms with van der Waals surface area (Å²) in [7, 11) is 0. The van der Waals surface area contributed by atoms with E-state index in [1.54, 1.807) is 0 Å². The number of allylic oxidation sites excluding steroid dienone is 3. The van der Waals surface area contributed by atoms with Crippen LogP contribution in [0.5, 0.6) is 0 Å². The summed E-state index contributed by atoms with van der Waals surface area (Å²) in [5, 5.41) is 82.4. The highest BCUT2D eigenvalue weighted by Gasteiger charge is 2.69. The third-order valence-corrected chi connectivity index (χ3v) is 16.6. The van der Waals surface area contributed by atoms with E-state index in [4.69, 9.17) is 18.9 Å². The van der Waals surface area contributed by atoms with Gasteiger partial charge in [-0.15, -0.1) is 0 Å². The van der Waals surface area contributed by atoms with Crippen LogP contribution in [-0.4, -0.2) is 128 Å². The van der Waals surface area contributed by atoms with E-state index >= 15 is 0 Å². The predicted molar refractivity (Wildman–Crippen MR) is 193 cm³/mol. The van der Waals surface area contributed by atoms with Crippen molar-refractivity contribution in [2.45, 2.75) is 166 Å². The number of fused-ring (bicyclic) bond motifs is 7. The Hall–Kier alpha value is -1.49. The second-order valence-corrected chi connectivity index (χ2v) is 19.2. The molecule has 13 heteroatoms. The van der Waals surface area contributed by atoms with Gasteiger partial charge >= 0.3 is 5.97 Å². The zero-order chi connectivity index (χ0) is 39.3. The molecule has 2 aliphatic heterocycles. The van der Waals surface area contributed by atoms with Gasteiger partial charge in [0.25, 0.3) is 0 Å². The smallest absolute Gasteiger partial charge is 0.315 e. The molecule has 2 unspecified atom stereocenters. The van der Waals surface area contributed by atoms with Gasteiger partial charge in [0.1, 0.15) is 48.8 Å². The minimum atomic E-state index is -1.67. The standard InChI is InChI=1S/C41H64O13/c1-20-9-14-41(36(50)54-35-33(49)31(47)29(45)24(19-43)52-35)16-15-39(5)21(22(41)17-20)7-8-26-38(4)12-11-27(37(2,3)25(38)10-13-40(26,39)6)53-34-32(48)30(46)28(44)23(18-42)51-34/h7,22-35,42-49H,1,8-19H2,2-6H3/t22-,23-,24-,25?,26-,27?,28-,29-,30+,31+,32-,33-,34+,35+,38+,39-,40-,41+/m1/s1. The maximum Gasteiger partial charge on any atom is 0.315 e. The molecule has 0 spiro atoms. The molecule has 0 amide bonds. The van der Waals surface area contributed by atoms with Gasteiger partial charge in [-0.3, -0.25) is 4.79 Å². The fourth-order valence-electron chi connectivity index (χ4n) is 13.1. The second-order valence-electron chi connectivity index (χ2n) is 19.2. The number of esters is 1. The van der Waals surface area contributed by atoms with Crippen LogP contribution >= 0.6 is 0 Å². The molecule has 8 N–H and O–H groups in total. The number of carbonyl (C=O) groups excluding carboxylic acids is 1. The molecule has 6 fully saturated rings. The monoisotopic (exact) mass is 764 g/mol. The van der Waals surface area contributed by atoms with E-state index in [1.165, 1.54) is 5.57 Å². The molecule has 0 bridgehead atoms. The fraction of sp³-hybridized carbons (Fsp3) is 0.878. The molecule has 0 aromatic carbocycles. The molecule has 2 saturated heterocycles. The van der Waals surface area contributed by atoms with Gasteiger partial charge in [0.05, 0.1) is 24.7 Å². The van der Waals surface area contributed by atoms with Crippen molar-refractivity contribution in [2.75, 3.05) is 13.2 Å². The van der Waals surface area contributed by atoms with Gasteiger partial charge in [-0.2, -0.15) is 0 Å². The minimum Gasteiger partial charge on any atom is -0.432 e. The number of ether oxygens (including phenoxy) is 4. The van der Waals surface area contributed by atoms with Crippen molar-refractivity contribution in [3.8, 4) is 0 Å². The van der Waals surface area contributed by atoms with Crippen molar-refractivity contribution < 1.29 is 64.6 Å². The maximum absolute atomic E-state index is 14.4. The lowest BCUT2D eigenvalue weighted by Gasteiger charge is -2.71. The van der Waals surface area contributed by atoms with E-state index in [9.17, 15) is 45.6 Å². The first-order valence-electron chi connectivity index (χ1n) is 20.2. The van der Waals surface area contributed by atoms with E-state index in [1.807, 2.05) is 0 Å². The highest BCUT2D eigenvalue weighted by atomic mass is 16.7. The van der Waals surface area contributed by atoms with Crippen molar-refractivity contribution in [2.24, 2.45) is 44.8 Å². The Bertz CT molecular complexity index is 1480. The van der Waals surface area contributed by atoms with Crippen LogP contribution in [-0.2, 0) is 23.7 Å². The lowest BCUT2D eigenvalue weighted by Crippen LogP contribution is -2.66. The van der Waals surface area contributed by atoms with Crippen LogP contribution < -0.4 is 0 Å². The summed E-state index contributed by atoms with van der Waals surface area (Å²) in [6, 6.07) is 0. The molecule has 7 aliphatic rings. The summed E-state index contributed by atoms with van der Waals surface area (Å²) in [6.45, 7) is 15.0. The van der Waals surface area contributed by atoms with Gasteiger partial charge in [0.15, 0.2) is 6.29 Å². The molecular formula is C41H64O13. The summed E-state index contributed by atoms with van der Waals surface area (Å²) in [5.41, 5.74) is 0.808. The quantitative estimate of drug-likeness (QED) is 0.110. The summed E-state index contributed by atoms with van der Waals surface area (Å²) in [5.74, 6) is -0.0340. The van der Waals surface area contributed by atoms with E-state index in [2.05, 4.69) is 47.3 Å². The Morgan fingerprint density at radius 2 is 1.39 bits per heavy atom. The Morgan fingerprint density at radius 1 is 0.778 bits per heavy atom. The summed E-state index contributed by atoms with van der Waals surface area (Å²) in [4.78, 5) is 14.4. The average molecular weight is 765 g/mol. The largest absolute Gasteiger partial charge is 0.432 e. The molecule has 306 valence electrons. The van der Waals surface area contributed by atoms with Crippen LogP contribution in [0.1, 0.15) is 98.8 Å². The zero-order valence-corrected chi connectivity index (χ0v) is 32.5. The number of aliphatic hydroxyl groups excluding tert-OH is 8. The Morgan fingerprint density at radius 3 is 2.02 bits per heavy atom. The normalized spacial score (nSPS) is 52.9. The highest BCUT2D eigenvalue weighted by Crippen LogP contribution is 2.75. The molecule has 7 rings (SSSR count). The summed E-state index contributed by atoms with van der Waals surface area (Å²) < 4.78 is 23.8. The molecule has 0 radical (unpaired) electrons. The third kappa shape index (κ3) is 5.85. The second kappa shape index (κ2) is 14.1. The molecule has 0 aromatic rings. The molecule has 5 aliphatic carbocycles. The van der Waals surface area contributed by atoms with Crippen LogP contribution in [0.3, 0.4) is 0 Å². The van der Waals surface area contributed by atoms with Crippen LogP contribution in [0.15, 0.2) is 23.8 Å². The molecule has 4 saturated carbocycles. The minimum absolute atomic E-state index is 0.0521. The first kappa shape index (κ1) is 40.7. The van der Waals surface area contributed by atoms with Gasteiger partial charge in [-0.05, 0) is 97.7 Å². The molecule has 13 nitrogen and oxygen atoms in total. The molecule has 2 heterocycles. The number of hydrogen-bond acceptors (Lipinski definition) is 13. The first-order valence-corrected chi connectivity index (χ1v) is 20.2. The lowest BCUT2D eigenvalue weighted by molar-refractivity contribution is -0.330. The van der Waals surface area contributed by atoms with Gasteiger partial charge in [0.2, 0.25) is 6.29 Å². The van der Waals surface area contributed by atoms with Crippen molar-refractivity contribution >= 4 is 5.97 Å². The van der Waals surface area contributed by atoms with Gasteiger partial charge in [-0.25, -0.2) is 0 Å². The van der Waals surface area contributed by atoms with Crippen molar-refractivity contribution in [1.29, 1.82) is 0 Å². The van der Waals surface area contributed by atoms with E-state index in [0.29, 0.717) is 38.0 Å². The Balaban J connectivity index is 1.14. The van der Waals surface area contributed by atoms with E-state index < -0.39 is 86.0 Å². The number of hydrogen-bond donors (Lipinski definition) is 8. The van der Waals surface area contributed by atoms with Crippen LogP contribution in [0.2, 0.25) is 0 Å². The summed E-state index contributed by atoms with van der Waals surface area (Å²) >= 11 is 0. The maximum atomic E-state index is 14.4. The SMILES string of the molecule is C=C1CC[C@]2(C(=O)O[C@@H]3O[C@H](CO)[C@@H](O)[C@H](O)[C@H]3O)CC[C@]3(C)C(=CC[C@@H]4[C@@]5(C)CCC(O[C@@H]6O[C@H](CO)[C@@H](O)[C@H](O)[C@H]6O)C(C)(C)C5CC[C@]43C)[C@H]2C1. The van der Waals surface area contributed by atoms with Gasteiger partial charge in [0, 0.05) is 5.92 Å².